The molecule has 0 saturated heterocycles. The van der Waals surface area contributed by atoms with Gasteiger partial charge in [0.1, 0.15) is 5.82 Å². The standard InChI is InChI=1S/C15H19BrFNO3/c1-2-10(6-7-13(19)20)8-9-18-15(21)14-11(16)4-3-5-12(14)17/h3-5,10H,2,6-9H2,1H3,(H,18,21)(H,19,20). The predicted molar refractivity (Wildman–Crippen MR) is 81.7 cm³/mol. The van der Waals surface area contributed by atoms with Crippen molar-refractivity contribution in [1.82, 2.24) is 5.32 Å². The van der Waals surface area contributed by atoms with Gasteiger partial charge in [-0.3, -0.25) is 9.59 Å². The Balaban J connectivity index is 2.47. The molecule has 1 aromatic carbocycles. The van der Waals surface area contributed by atoms with E-state index in [4.69, 9.17) is 5.11 Å². The lowest BCUT2D eigenvalue weighted by Crippen LogP contribution is -2.27. The number of hydrogen-bond donors (Lipinski definition) is 2. The van der Waals surface area contributed by atoms with Gasteiger partial charge < -0.3 is 10.4 Å². The Kier molecular flexibility index (Phi) is 7.36. The van der Waals surface area contributed by atoms with Crippen LogP contribution in [0.5, 0.6) is 0 Å². The number of nitrogens with one attached hydrogen (secondary N) is 1. The second-order valence-corrected chi connectivity index (χ2v) is 5.70. The molecule has 1 amide bonds. The van der Waals surface area contributed by atoms with Crippen LogP contribution in [-0.2, 0) is 4.79 Å². The maximum absolute atomic E-state index is 13.6. The summed E-state index contributed by atoms with van der Waals surface area (Å²) in [5, 5.41) is 11.3. The average Bonchev–Trinajstić information content (AvgIpc) is 2.42. The second-order valence-electron chi connectivity index (χ2n) is 4.85. The summed E-state index contributed by atoms with van der Waals surface area (Å²) in [5.74, 6) is -1.61. The zero-order valence-electron chi connectivity index (χ0n) is 11.9. The van der Waals surface area contributed by atoms with Crippen molar-refractivity contribution in [2.45, 2.75) is 32.6 Å². The van der Waals surface area contributed by atoms with E-state index in [0.717, 1.165) is 6.42 Å². The summed E-state index contributed by atoms with van der Waals surface area (Å²) in [6.07, 6.45) is 2.25. The molecule has 1 unspecified atom stereocenters. The molecule has 0 heterocycles. The molecular weight excluding hydrogens is 341 g/mol. The highest BCUT2D eigenvalue weighted by Crippen LogP contribution is 2.20. The minimum atomic E-state index is -0.812. The molecule has 0 bridgehead atoms. The number of benzene rings is 1. The van der Waals surface area contributed by atoms with Gasteiger partial charge in [-0.2, -0.15) is 0 Å². The van der Waals surface area contributed by atoms with Crippen molar-refractivity contribution in [2.24, 2.45) is 5.92 Å². The molecule has 2 N–H and O–H groups in total. The molecule has 1 rings (SSSR count). The molecule has 6 heteroatoms. The van der Waals surface area contributed by atoms with E-state index in [9.17, 15) is 14.0 Å². The molecule has 0 aliphatic carbocycles. The first kappa shape index (κ1) is 17.6. The maximum atomic E-state index is 13.6. The molecule has 116 valence electrons. The van der Waals surface area contributed by atoms with Crippen LogP contribution >= 0.6 is 15.9 Å². The van der Waals surface area contributed by atoms with Crippen molar-refractivity contribution in [2.75, 3.05) is 6.54 Å². The molecule has 1 aromatic rings. The number of hydrogen-bond acceptors (Lipinski definition) is 2. The molecule has 0 aliphatic rings. The van der Waals surface area contributed by atoms with Crippen molar-refractivity contribution in [1.29, 1.82) is 0 Å². The number of carbonyl (C=O) groups is 2. The summed E-state index contributed by atoms with van der Waals surface area (Å²) in [6.45, 7) is 2.39. The van der Waals surface area contributed by atoms with Crippen molar-refractivity contribution in [3.63, 3.8) is 0 Å². The number of carboxylic acids is 1. The molecule has 21 heavy (non-hydrogen) atoms. The Labute approximate surface area is 131 Å². The summed E-state index contributed by atoms with van der Waals surface area (Å²) in [4.78, 5) is 22.5. The van der Waals surface area contributed by atoms with Crippen molar-refractivity contribution < 1.29 is 19.1 Å². The monoisotopic (exact) mass is 359 g/mol. The van der Waals surface area contributed by atoms with Crippen molar-refractivity contribution >= 4 is 27.8 Å². The summed E-state index contributed by atoms with van der Waals surface area (Å²) >= 11 is 3.16. The average molecular weight is 360 g/mol. The van der Waals surface area contributed by atoms with Crippen LogP contribution in [0.15, 0.2) is 22.7 Å². The van der Waals surface area contributed by atoms with Gasteiger partial charge in [0.25, 0.3) is 5.91 Å². The topological polar surface area (TPSA) is 66.4 Å². The number of amides is 1. The Morgan fingerprint density at radius 3 is 2.67 bits per heavy atom. The highest BCUT2D eigenvalue weighted by atomic mass is 79.9. The fourth-order valence-corrected chi connectivity index (χ4v) is 2.60. The van der Waals surface area contributed by atoms with Gasteiger partial charge in [0.2, 0.25) is 0 Å². The Bertz CT molecular complexity index is 487. The number of aliphatic carboxylic acids is 1. The van der Waals surface area contributed by atoms with Crippen LogP contribution in [0.2, 0.25) is 0 Å². The SMILES string of the molecule is CCC(CCNC(=O)c1c(F)cccc1Br)CCC(=O)O. The Morgan fingerprint density at radius 2 is 2.10 bits per heavy atom. The zero-order valence-corrected chi connectivity index (χ0v) is 13.5. The number of carbonyl (C=O) groups excluding carboxylic acids is 1. The first-order valence-corrected chi connectivity index (χ1v) is 7.69. The molecule has 0 radical (unpaired) electrons. The van der Waals surface area contributed by atoms with Crippen LogP contribution in [0.3, 0.4) is 0 Å². The van der Waals surface area contributed by atoms with E-state index in [-0.39, 0.29) is 17.9 Å². The quantitative estimate of drug-likeness (QED) is 0.745. The molecule has 0 spiro atoms. The van der Waals surface area contributed by atoms with Gasteiger partial charge in [-0.25, -0.2) is 4.39 Å². The largest absolute Gasteiger partial charge is 0.481 e. The minimum Gasteiger partial charge on any atom is -0.481 e. The molecule has 1 atom stereocenters. The predicted octanol–water partition coefficient (Wildman–Crippen LogP) is 3.60. The van der Waals surface area contributed by atoms with E-state index in [0.29, 0.717) is 23.9 Å². The van der Waals surface area contributed by atoms with Crippen LogP contribution in [0, 0.1) is 11.7 Å². The smallest absolute Gasteiger partial charge is 0.303 e. The molecule has 0 aliphatic heterocycles. The van der Waals surface area contributed by atoms with E-state index >= 15 is 0 Å². The van der Waals surface area contributed by atoms with Gasteiger partial charge in [0, 0.05) is 17.4 Å². The summed E-state index contributed by atoms with van der Waals surface area (Å²) < 4.78 is 14.0. The third-order valence-corrected chi connectivity index (χ3v) is 4.03. The van der Waals surface area contributed by atoms with Crippen LogP contribution in [0.25, 0.3) is 0 Å². The van der Waals surface area contributed by atoms with Crippen LogP contribution in [0.4, 0.5) is 4.39 Å². The zero-order chi connectivity index (χ0) is 15.8. The molecule has 0 fully saturated rings. The van der Waals surface area contributed by atoms with Gasteiger partial charge in [0.05, 0.1) is 5.56 Å². The Morgan fingerprint density at radius 1 is 1.38 bits per heavy atom. The maximum Gasteiger partial charge on any atom is 0.303 e. The van der Waals surface area contributed by atoms with Gasteiger partial charge >= 0.3 is 5.97 Å². The lowest BCUT2D eigenvalue weighted by Gasteiger charge is -2.14. The van der Waals surface area contributed by atoms with E-state index in [1.807, 2.05) is 6.92 Å². The highest BCUT2D eigenvalue weighted by Gasteiger charge is 2.15. The lowest BCUT2D eigenvalue weighted by molar-refractivity contribution is -0.137. The van der Waals surface area contributed by atoms with Crippen molar-refractivity contribution in [3.05, 3.63) is 34.1 Å². The normalized spacial score (nSPS) is 12.0. The molecule has 4 nitrogen and oxygen atoms in total. The van der Waals surface area contributed by atoms with E-state index in [1.54, 1.807) is 6.07 Å². The van der Waals surface area contributed by atoms with Crippen LogP contribution in [0.1, 0.15) is 43.0 Å². The Hall–Kier alpha value is -1.43. The summed E-state index contributed by atoms with van der Waals surface area (Å²) in [6, 6.07) is 4.37. The fraction of sp³-hybridized carbons (Fsp3) is 0.467. The van der Waals surface area contributed by atoms with Crippen LogP contribution < -0.4 is 5.32 Å². The molecular formula is C15H19BrFNO3. The summed E-state index contributed by atoms with van der Waals surface area (Å²) in [5.41, 5.74) is -0.00363. The van der Waals surface area contributed by atoms with E-state index in [1.165, 1.54) is 12.1 Å². The fourth-order valence-electron chi connectivity index (χ4n) is 2.07. The first-order chi connectivity index (χ1) is 9.95. The second kappa shape index (κ2) is 8.77. The molecule has 0 saturated carbocycles. The van der Waals surface area contributed by atoms with E-state index in [2.05, 4.69) is 21.2 Å². The third-order valence-electron chi connectivity index (χ3n) is 3.37. The number of carboxylic acid groups (broad SMARTS) is 1. The molecule has 0 aromatic heterocycles. The first-order valence-electron chi connectivity index (χ1n) is 6.89. The number of halogens is 2. The lowest BCUT2D eigenvalue weighted by atomic mass is 9.96. The third kappa shape index (κ3) is 5.83. The minimum absolute atomic E-state index is 0.00363. The summed E-state index contributed by atoms with van der Waals surface area (Å²) in [7, 11) is 0. The van der Waals surface area contributed by atoms with Crippen molar-refractivity contribution in [3.8, 4) is 0 Å². The van der Waals surface area contributed by atoms with Gasteiger partial charge in [-0.1, -0.05) is 19.4 Å². The van der Waals surface area contributed by atoms with E-state index < -0.39 is 17.7 Å². The van der Waals surface area contributed by atoms with Crippen LogP contribution in [-0.4, -0.2) is 23.5 Å². The number of rotatable bonds is 8. The van der Waals surface area contributed by atoms with Gasteiger partial charge in [-0.05, 0) is 46.8 Å². The van der Waals surface area contributed by atoms with Gasteiger partial charge in [0.15, 0.2) is 0 Å². The van der Waals surface area contributed by atoms with Gasteiger partial charge in [-0.15, -0.1) is 0 Å². The highest BCUT2D eigenvalue weighted by molar-refractivity contribution is 9.10.